The molecule has 1 N–H and O–H groups in total. The highest BCUT2D eigenvalue weighted by atomic mass is 15.2. The quantitative estimate of drug-likeness (QED) is 0.884. The summed E-state index contributed by atoms with van der Waals surface area (Å²) >= 11 is 0. The normalized spacial score (nSPS) is 20.9. The smallest absolute Gasteiger partial charge is 0.0408 e. The molecular weight excluding hydrogens is 244 g/mol. The first-order valence-corrected chi connectivity index (χ1v) is 8.02. The maximum Gasteiger partial charge on any atom is 0.0408 e. The van der Waals surface area contributed by atoms with Crippen LogP contribution in [0.4, 0.5) is 5.69 Å². The summed E-state index contributed by atoms with van der Waals surface area (Å²) in [7, 11) is 0. The highest BCUT2D eigenvalue weighted by molar-refractivity contribution is 5.62. The van der Waals surface area contributed by atoms with E-state index in [0.29, 0.717) is 5.92 Å². The predicted octanol–water partition coefficient (Wildman–Crippen LogP) is 4.22. The largest absolute Gasteiger partial charge is 0.366 e. The van der Waals surface area contributed by atoms with Crippen molar-refractivity contribution in [1.82, 2.24) is 5.32 Å². The molecule has 1 aromatic carbocycles. The van der Waals surface area contributed by atoms with Crippen LogP contribution < -0.4 is 10.2 Å². The van der Waals surface area contributed by atoms with Crippen LogP contribution in [0.15, 0.2) is 12.1 Å². The Morgan fingerprint density at radius 1 is 1.30 bits per heavy atom. The number of nitrogens with one attached hydrogen (secondary N) is 1. The van der Waals surface area contributed by atoms with Gasteiger partial charge in [-0.15, -0.1) is 0 Å². The first kappa shape index (κ1) is 15.4. The van der Waals surface area contributed by atoms with Gasteiger partial charge < -0.3 is 10.2 Å². The topological polar surface area (TPSA) is 15.3 Å². The molecular formula is C18H30N2. The van der Waals surface area contributed by atoms with Crippen LogP contribution in [0, 0.1) is 6.92 Å². The van der Waals surface area contributed by atoms with Gasteiger partial charge in [0.15, 0.2) is 0 Å². The fraction of sp³-hybridized carbons (Fsp3) is 0.667. The Morgan fingerprint density at radius 3 is 2.60 bits per heavy atom. The van der Waals surface area contributed by atoms with E-state index in [0.717, 1.165) is 19.6 Å². The third-order valence-electron chi connectivity index (χ3n) is 4.73. The number of benzene rings is 1. The molecule has 1 aliphatic rings. The maximum atomic E-state index is 3.45. The number of rotatable bonds is 4. The Kier molecular flexibility index (Phi) is 4.43. The van der Waals surface area contributed by atoms with Gasteiger partial charge in [0, 0.05) is 24.3 Å². The second-order valence-corrected chi connectivity index (χ2v) is 6.78. The fourth-order valence-electron chi connectivity index (χ4n) is 3.73. The molecule has 1 aliphatic heterocycles. The van der Waals surface area contributed by atoms with E-state index in [9.17, 15) is 0 Å². The van der Waals surface area contributed by atoms with Crippen molar-refractivity contribution in [2.75, 3.05) is 18.0 Å². The molecule has 0 spiro atoms. The zero-order valence-electron chi connectivity index (χ0n) is 14.0. The third kappa shape index (κ3) is 2.71. The van der Waals surface area contributed by atoms with Crippen LogP contribution in [0.3, 0.4) is 0 Å². The van der Waals surface area contributed by atoms with E-state index in [1.807, 2.05) is 0 Å². The summed E-state index contributed by atoms with van der Waals surface area (Å²) in [6.07, 6.45) is 1.23. The SMILES string of the molecule is CCNCc1cc2c(cc1C)N(CC)C(C)(C)CC2C. The Morgan fingerprint density at radius 2 is 2.00 bits per heavy atom. The standard InChI is InChI=1S/C18H30N2/c1-7-19-12-15-10-16-14(4)11-18(5,6)20(8-2)17(16)9-13(15)3/h9-10,14,19H,7-8,11-12H2,1-6H3. The van der Waals surface area contributed by atoms with Crippen molar-refractivity contribution in [2.24, 2.45) is 0 Å². The van der Waals surface area contributed by atoms with Crippen molar-refractivity contribution < 1.29 is 0 Å². The lowest BCUT2D eigenvalue weighted by Gasteiger charge is -2.47. The molecule has 0 amide bonds. The molecule has 1 heterocycles. The van der Waals surface area contributed by atoms with Crippen LogP contribution in [0.25, 0.3) is 0 Å². The maximum absolute atomic E-state index is 3.45. The molecule has 0 saturated carbocycles. The highest BCUT2D eigenvalue weighted by Gasteiger charge is 2.35. The fourth-order valence-corrected chi connectivity index (χ4v) is 3.73. The summed E-state index contributed by atoms with van der Waals surface area (Å²) < 4.78 is 0. The van der Waals surface area contributed by atoms with Crippen LogP contribution >= 0.6 is 0 Å². The van der Waals surface area contributed by atoms with Crippen LogP contribution in [0.5, 0.6) is 0 Å². The zero-order valence-corrected chi connectivity index (χ0v) is 14.0. The molecule has 0 aliphatic carbocycles. The third-order valence-corrected chi connectivity index (χ3v) is 4.73. The Bertz CT molecular complexity index is 477. The van der Waals surface area contributed by atoms with Gasteiger partial charge in [-0.2, -0.15) is 0 Å². The Labute approximate surface area is 124 Å². The van der Waals surface area contributed by atoms with Crippen molar-refractivity contribution >= 4 is 5.69 Å². The minimum Gasteiger partial charge on any atom is -0.366 e. The van der Waals surface area contributed by atoms with Crippen LogP contribution in [-0.2, 0) is 6.54 Å². The minimum absolute atomic E-state index is 0.261. The summed E-state index contributed by atoms with van der Waals surface area (Å²) in [4.78, 5) is 2.58. The Balaban J connectivity index is 2.46. The monoisotopic (exact) mass is 274 g/mol. The van der Waals surface area contributed by atoms with Gasteiger partial charge in [-0.3, -0.25) is 0 Å². The lowest BCUT2D eigenvalue weighted by atomic mass is 9.79. The van der Waals surface area contributed by atoms with E-state index in [2.05, 4.69) is 63.9 Å². The van der Waals surface area contributed by atoms with Gasteiger partial charge in [0.05, 0.1) is 0 Å². The molecule has 0 radical (unpaired) electrons. The van der Waals surface area contributed by atoms with E-state index < -0.39 is 0 Å². The first-order valence-electron chi connectivity index (χ1n) is 8.02. The summed E-state index contributed by atoms with van der Waals surface area (Å²) in [5, 5.41) is 3.45. The summed E-state index contributed by atoms with van der Waals surface area (Å²) in [5.74, 6) is 0.642. The number of fused-ring (bicyclic) bond motifs is 1. The molecule has 0 bridgehead atoms. The van der Waals surface area contributed by atoms with Crippen molar-refractivity contribution in [3.05, 3.63) is 28.8 Å². The van der Waals surface area contributed by atoms with Gasteiger partial charge in [0.1, 0.15) is 0 Å². The van der Waals surface area contributed by atoms with Crippen molar-refractivity contribution in [3.8, 4) is 0 Å². The first-order chi connectivity index (χ1) is 9.40. The molecule has 2 rings (SSSR count). The molecule has 1 aromatic rings. The van der Waals surface area contributed by atoms with E-state index in [-0.39, 0.29) is 5.54 Å². The van der Waals surface area contributed by atoms with Crippen LogP contribution in [-0.4, -0.2) is 18.6 Å². The molecule has 1 atom stereocenters. The number of anilines is 1. The van der Waals surface area contributed by atoms with Crippen molar-refractivity contribution in [2.45, 2.75) is 66.0 Å². The lowest BCUT2D eigenvalue weighted by Crippen LogP contribution is -2.48. The molecule has 20 heavy (non-hydrogen) atoms. The predicted molar refractivity (Wildman–Crippen MR) is 88.7 cm³/mol. The average molecular weight is 274 g/mol. The Hall–Kier alpha value is -1.02. The van der Waals surface area contributed by atoms with E-state index in [4.69, 9.17) is 0 Å². The van der Waals surface area contributed by atoms with Crippen molar-refractivity contribution in [1.29, 1.82) is 0 Å². The minimum atomic E-state index is 0.261. The van der Waals surface area contributed by atoms with Crippen LogP contribution in [0.1, 0.15) is 63.6 Å². The number of aryl methyl sites for hydroxylation is 1. The van der Waals surface area contributed by atoms with Gasteiger partial charge in [0.2, 0.25) is 0 Å². The summed E-state index contributed by atoms with van der Waals surface area (Å²) in [5.41, 5.74) is 6.11. The zero-order chi connectivity index (χ0) is 14.9. The molecule has 0 saturated heterocycles. The average Bonchev–Trinajstić information content (AvgIpc) is 2.36. The molecule has 2 heteroatoms. The van der Waals surface area contributed by atoms with E-state index >= 15 is 0 Å². The van der Waals surface area contributed by atoms with Gasteiger partial charge in [-0.25, -0.2) is 0 Å². The van der Waals surface area contributed by atoms with Crippen molar-refractivity contribution in [3.63, 3.8) is 0 Å². The molecule has 2 nitrogen and oxygen atoms in total. The van der Waals surface area contributed by atoms with Crippen LogP contribution in [0.2, 0.25) is 0 Å². The number of hydrogen-bond acceptors (Lipinski definition) is 2. The van der Waals surface area contributed by atoms with E-state index in [1.165, 1.54) is 28.8 Å². The summed E-state index contributed by atoms with van der Waals surface area (Å²) in [6.45, 7) is 16.9. The lowest BCUT2D eigenvalue weighted by molar-refractivity contribution is 0.381. The molecule has 1 unspecified atom stereocenters. The molecule has 112 valence electrons. The van der Waals surface area contributed by atoms with Gasteiger partial charge in [-0.05, 0) is 69.3 Å². The summed E-state index contributed by atoms with van der Waals surface area (Å²) in [6, 6.07) is 4.85. The van der Waals surface area contributed by atoms with Gasteiger partial charge in [-0.1, -0.05) is 19.9 Å². The number of hydrogen-bond donors (Lipinski definition) is 1. The van der Waals surface area contributed by atoms with E-state index in [1.54, 1.807) is 0 Å². The molecule has 0 fully saturated rings. The van der Waals surface area contributed by atoms with Gasteiger partial charge >= 0.3 is 0 Å². The van der Waals surface area contributed by atoms with Gasteiger partial charge in [0.25, 0.3) is 0 Å². The molecule has 0 aromatic heterocycles. The second-order valence-electron chi connectivity index (χ2n) is 6.78. The highest BCUT2D eigenvalue weighted by Crippen LogP contribution is 2.44. The number of nitrogens with zero attached hydrogens (tertiary/aromatic N) is 1. The second kappa shape index (κ2) is 5.77.